The first kappa shape index (κ1) is 24.5. The number of hydrogen-bond donors (Lipinski definition) is 0. The van der Waals surface area contributed by atoms with Gasteiger partial charge >= 0.3 is 0 Å². The number of aromatic nitrogens is 3. The number of benzene rings is 1. The molecule has 2 aliphatic rings. The Hall–Kier alpha value is -3.21. The minimum Gasteiger partial charge on any atom is -0.336 e. The third kappa shape index (κ3) is 3.24. The lowest BCUT2D eigenvalue weighted by Gasteiger charge is -2.58. The quantitative estimate of drug-likeness (QED) is 0.330. The van der Waals surface area contributed by atoms with E-state index in [9.17, 15) is 0 Å². The molecule has 0 saturated heterocycles. The van der Waals surface area contributed by atoms with Gasteiger partial charge in [0.1, 0.15) is 11.9 Å². The molecule has 188 valence electrons. The molecule has 0 amide bonds. The maximum atomic E-state index is 5.20. The highest BCUT2D eigenvalue weighted by Crippen LogP contribution is 2.63. The van der Waals surface area contributed by atoms with E-state index in [0.717, 1.165) is 66.3 Å². The van der Waals surface area contributed by atoms with E-state index in [0.29, 0.717) is 0 Å². The van der Waals surface area contributed by atoms with Crippen LogP contribution in [-0.2, 0) is 11.8 Å². The van der Waals surface area contributed by atoms with Crippen LogP contribution in [0.25, 0.3) is 11.4 Å². The van der Waals surface area contributed by atoms with Crippen molar-refractivity contribution < 1.29 is 0 Å². The first-order chi connectivity index (χ1) is 17.4. The van der Waals surface area contributed by atoms with Crippen molar-refractivity contribution in [2.75, 3.05) is 16.8 Å². The van der Waals surface area contributed by atoms with Crippen LogP contribution in [0.4, 0.5) is 17.2 Å². The molecule has 3 unspecified atom stereocenters. The maximum Gasteiger partial charge on any atom is 0.162 e. The van der Waals surface area contributed by atoms with Crippen LogP contribution in [0.2, 0.25) is 0 Å². The first-order valence-corrected chi connectivity index (χ1v) is 13.4. The van der Waals surface area contributed by atoms with Crippen LogP contribution in [-0.4, -0.2) is 28.2 Å². The molecule has 4 heterocycles. The summed E-state index contributed by atoms with van der Waals surface area (Å²) in [5.74, 6) is 1.76. The number of fused-ring (bicyclic) bond motifs is 5. The van der Waals surface area contributed by atoms with Gasteiger partial charge in [0.15, 0.2) is 11.6 Å². The van der Waals surface area contributed by atoms with Gasteiger partial charge in [-0.25, -0.2) is 9.97 Å². The highest BCUT2D eigenvalue weighted by molar-refractivity contribution is 5.85. The molecule has 5 rings (SSSR count). The molecule has 0 radical (unpaired) electrons. The second-order valence-corrected chi connectivity index (χ2v) is 10.7. The summed E-state index contributed by atoms with van der Waals surface area (Å²) >= 11 is 0. The minimum absolute atomic E-state index is 0.0760. The molecule has 2 aromatic heterocycles. The van der Waals surface area contributed by atoms with E-state index in [1.807, 2.05) is 12.4 Å². The molecule has 0 N–H and O–H groups in total. The van der Waals surface area contributed by atoms with Crippen molar-refractivity contribution in [2.45, 2.75) is 78.3 Å². The molecule has 36 heavy (non-hydrogen) atoms. The molecule has 3 aromatic rings. The predicted octanol–water partition coefficient (Wildman–Crippen LogP) is 7.37. The van der Waals surface area contributed by atoms with E-state index in [2.05, 4.69) is 99.4 Å². The fourth-order valence-corrected chi connectivity index (χ4v) is 6.80. The number of para-hydroxylation sites is 1. The van der Waals surface area contributed by atoms with Crippen LogP contribution in [0.3, 0.4) is 0 Å². The SMILES string of the molecule is C=CC1(CC)c2ccccc2N2c3cnc(-c4cc(CCCC)ncc4C)nc3N(C)C2C1(C)CC. The van der Waals surface area contributed by atoms with Crippen LogP contribution < -0.4 is 9.80 Å². The Bertz CT molecular complexity index is 1300. The molecule has 2 aliphatic heterocycles. The van der Waals surface area contributed by atoms with Crippen LogP contribution >= 0.6 is 0 Å². The molecule has 5 nitrogen and oxygen atoms in total. The van der Waals surface area contributed by atoms with E-state index in [-0.39, 0.29) is 17.0 Å². The normalized spacial score (nSPS) is 24.3. The summed E-state index contributed by atoms with van der Waals surface area (Å²) in [5, 5.41) is 0. The lowest BCUT2D eigenvalue weighted by Crippen LogP contribution is -2.62. The number of aryl methyl sites for hydroxylation is 2. The van der Waals surface area contributed by atoms with Gasteiger partial charge in [0.2, 0.25) is 0 Å². The number of rotatable bonds is 7. The third-order valence-electron chi connectivity index (χ3n) is 9.02. The van der Waals surface area contributed by atoms with Gasteiger partial charge in [-0.05, 0) is 55.9 Å². The Morgan fingerprint density at radius 3 is 2.53 bits per heavy atom. The summed E-state index contributed by atoms with van der Waals surface area (Å²) in [6.07, 6.45) is 11.6. The van der Waals surface area contributed by atoms with E-state index in [4.69, 9.17) is 9.97 Å². The number of anilines is 3. The Morgan fingerprint density at radius 2 is 1.83 bits per heavy atom. The lowest BCUT2D eigenvalue weighted by molar-refractivity contribution is 0.117. The van der Waals surface area contributed by atoms with Gasteiger partial charge < -0.3 is 9.80 Å². The van der Waals surface area contributed by atoms with Crippen LogP contribution in [0, 0.1) is 12.3 Å². The van der Waals surface area contributed by atoms with Crippen LogP contribution in [0.5, 0.6) is 0 Å². The summed E-state index contributed by atoms with van der Waals surface area (Å²) in [4.78, 5) is 19.6. The number of allylic oxidation sites excluding steroid dienone is 1. The third-order valence-corrected chi connectivity index (χ3v) is 9.02. The van der Waals surface area contributed by atoms with Crippen molar-refractivity contribution in [1.29, 1.82) is 0 Å². The smallest absolute Gasteiger partial charge is 0.162 e. The average Bonchev–Trinajstić information content (AvgIpc) is 3.21. The second kappa shape index (κ2) is 9.02. The fourth-order valence-electron chi connectivity index (χ4n) is 6.80. The fraction of sp³-hybridized carbons (Fsp3) is 0.452. The number of nitrogens with zero attached hydrogens (tertiary/aromatic N) is 5. The second-order valence-electron chi connectivity index (χ2n) is 10.7. The van der Waals surface area contributed by atoms with Crippen molar-refractivity contribution in [2.24, 2.45) is 5.41 Å². The van der Waals surface area contributed by atoms with Gasteiger partial charge in [-0.1, -0.05) is 58.4 Å². The maximum absolute atomic E-state index is 5.20. The topological polar surface area (TPSA) is 45.2 Å². The molecule has 0 bridgehead atoms. The molecule has 5 heteroatoms. The van der Waals surface area contributed by atoms with E-state index < -0.39 is 0 Å². The van der Waals surface area contributed by atoms with Gasteiger partial charge in [0, 0.05) is 41.0 Å². The van der Waals surface area contributed by atoms with Crippen molar-refractivity contribution >= 4 is 17.2 Å². The molecular weight excluding hydrogens is 442 g/mol. The van der Waals surface area contributed by atoms with Gasteiger partial charge in [0.25, 0.3) is 0 Å². The van der Waals surface area contributed by atoms with Crippen molar-refractivity contribution in [3.05, 3.63) is 72.2 Å². The highest BCUT2D eigenvalue weighted by Gasteiger charge is 2.60. The monoisotopic (exact) mass is 481 g/mol. The molecular formula is C31H39N5. The summed E-state index contributed by atoms with van der Waals surface area (Å²) in [6.45, 7) is 15.7. The van der Waals surface area contributed by atoms with Gasteiger partial charge in [0.05, 0.1) is 6.20 Å². The summed E-state index contributed by atoms with van der Waals surface area (Å²) in [7, 11) is 2.19. The Morgan fingerprint density at radius 1 is 1.06 bits per heavy atom. The van der Waals surface area contributed by atoms with Gasteiger partial charge in [-0.3, -0.25) is 4.98 Å². The van der Waals surface area contributed by atoms with E-state index in [1.54, 1.807) is 0 Å². The number of hydrogen-bond acceptors (Lipinski definition) is 5. The first-order valence-electron chi connectivity index (χ1n) is 13.4. The molecule has 3 atom stereocenters. The number of unbranched alkanes of at least 4 members (excludes halogenated alkanes) is 1. The zero-order valence-electron chi connectivity index (χ0n) is 22.7. The highest BCUT2D eigenvalue weighted by atomic mass is 15.5. The Balaban J connectivity index is 1.68. The Kier molecular flexibility index (Phi) is 6.14. The Labute approximate surface area is 216 Å². The van der Waals surface area contributed by atoms with E-state index >= 15 is 0 Å². The van der Waals surface area contributed by atoms with Crippen molar-refractivity contribution in [1.82, 2.24) is 15.0 Å². The molecule has 0 fully saturated rings. The number of pyridine rings is 1. The van der Waals surface area contributed by atoms with Gasteiger partial charge in [-0.15, -0.1) is 6.58 Å². The van der Waals surface area contributed by atoms with Crippen molar-refractivity contribution in [3.63, 3.8) is 0 Å². The largest absolute Gasteiger partial charge is 0.336 e. The average molecular weight is 482 g/mol. The summed E-state index contributed by atoms with van der Waals surface area (Å²) in [6, 6.07) is 11.0. The lowest BCUT2D eigenvalue weighted by atomic mass is 9.54. The van der Waals surface area contributed by atoms with Crippen molar-refractivity contribution in [3.8, 4) is 11.4 Å². The van der Waals surface area contributed by atoms with Crippen LogP contribution in [0.1, 0.15) is 70.2 Å². The predicted molar refractivity (Wildman–Crippen MR) is 150 cm³/mol. The van der Waals surface area contributed by atoms with E-state index in [1.165, 1.54) is 11.3 Å². The molecule has 0 aliphatic carbocycles. The van der Waals surface area contributed by atoms with Gasteiger partial charge in [-0.2, -0.15) is 0 Å². The molecule has 0 saturated carbocycles. The molecule has 0 spiro atoms. The summed E-state index contributed by atoms with van der Waals surface area (Å²) in [5.41, 5.74) is 6.73. The zero-order valence-corrected chi connectivity index (χ0v) is 22.7. The standard InChI is InChI=1S/C31H39N5/c1-8-12-15-22-18-23(21(5)19-32-22)27-33-20-26-28(34-27)35(7)29-30(6,9-2)31(10-3,11-4)24-16-13-14-17-25(24)36(26)29/h10,13-14,16-20,29H,3,8-9,11-12,15H2,1-2,4-7H3. The van der Waals surface area contributed by atoms with Crippen LogP contribution in [0.15, 0.2) is 55.4 Å². The minimum atomic E-state index is -0.137. The summed E-state index contributed by atoms with van der Waals surface area (Å²) < 4.78 is 0. The zero-order chi connectivity index (χ0) is 25.7. The molecule has 1 aromatic carbocycles.